The third-order valence-corrected chi connectivity index (χ3v) is 3.17. The van der Waals surface area contributed by atoms with Crippen molar-refractivity contribution in [2.24, 2.45) is 17.3 Å². The summed E-state index contributed by atoms with van der Waals surface area (Å²) in [5, 5.41) is 0. The van der Waals surface area contributed by atoms with E-state index in [0.717, 1.165) is 11.8 Å². The summed E-state index contributed by atoms with van der Waals surface area (Å²) >= 11 is 0. The van der Waals surface area contributed by atoms with Gasteiger partial charge in [0.25, 0.3) is 0 Å². The maximum atomic E-state index is 2.44. The van der Waals surface area contributed by atoms with Gasteiger partial charge in [-0.3, -0.25) is 0 Å². The second kappa shape index (κ2) is 3.81. The van der Waals surface area contributed by atoms with Gasteiger partial charge in [0.15, 0.2) is 0 Å². The quantitative estimate of drug-likeness (QED) is 0.578. The Morgan fingerprint density at radius 1 is 1.25 bits per heavy atom. The van der Waals surface area contributed by atoms with Crippen LogP contribution in [0.2, 0.25) is 0 Å². The Morgan fingerprint density at radius 2 is 1.92 bits per heavy atom. The fraction of sp³-hybridized carbons (Fsp3) is 1.00. The summed E-state index contributed by atoms with van der Waals surface area (Å²) in [4.78, 5) is 0. The van der Waals surface area contributed by atoms with Crippen molar-refractivity contribution < 1.29 is 0 Å². The first-order valence-electron chi connectivity index (χ1n) is 5.53. The van der Waals surface area contributed by atoms with E-state index in [9.17, 15) is 0 Å². The Labute approximate surface area is 77.7 Å². The molecule has 0 spiro atoms. The average Bonchev–Trinajstić information content (AvgIpc) is 1.82. The first-order valence-corrected chi connectivity index (χ1v) is 5.53. The van der Waals surface area contributed by atoms with E-state index in [2.05, 4.69) is 27.7 Å². The molecule has 0 heterocycles. The minimum Gasteiger partial charge on any atom is -0.0654 e. The van der Waals surface area contributed by atoms with Crippen LogP contribution in [0.3, 0.4) is 0 Å². The molecule has 0 bridgehead atoms. The molecule has 0 N–H and O–H groups in total. The van der Waals surface area contributed by atoms with Crippen molar-refractivity contribution in [1.29, 1.82) is 0 Å². The molecule has 0 aromatic heterocycles. The van der Waals surface area contributed by atoms with Gasteiger partial charge in [-0.2, -0.15) is 0 Å². The predicted octanol–water partition coefficient (Wildman–Crippen LogP) is 4.25. The highest BCUT2D eigenvalue weighted by atomic mass is 14.4. The molecule has 0 aliphatic heterocycles. The molecule has 12 heavy (non-hydrogen) atoms. The third kappa shape index (κ3) is 2.80. The van der Waals surface area contributed by atoms with E-state index in [0.29, 0.717) is 5.41 Å². The van der Waals surface area contributed by atoms with Gasteiger partial charge in [-0.25, -0.2) is 0 Å². The zero-order valence-corrected chi connectivity index (χ0v) is 9.19. The molecule has 0 saturated heterocycles. The van der Waals surface area contributed by atoms with Gasteiger partial charge in [-0.05, 0) is 36.5 Å². The van der Waals surface area contributed by atoms with Gasteiger partial charge in [0, 0.05) is 0 Å². The van der Waals surface area contributed by atoms with Crippen molar-refractivity contribution in [3.05, 3.63) is 0 Å². The summed E-state index contributed by atoms with van der Waals surface area (Å²) in [6.07, 6.45) is 7.21. The summed E-state index contributed by atoms with van der Waals surface area (Å²) in [7, 11) is 0. The number of hydrogen-bond donors (Lipinski definition) is 0. The van der Waals surface area contributed by atoms with Crippen LogP contribution in [0, 0.1) is 17.3 Å². The van der Waals surface area contributed by atoms with Gasteiger partial charge in [0.1, 0.15) is 0 Å². The van der Waals surface area contributed by atoms with E-state index in [1.807, 2.05) is 0 Å². The minimum atomic E-state index is 0.623. The highest BCUT2D eigenvalue weighted by molar-refractivity contribution is 4.82. The van der Waals surface area contributed by atoms with Crippen LogP contribution >= 0.6 is 0 Å². The second-order valence-electron chi connectivity index (χ2n) is 5.57. The Bertz CT molecular complexity index is 135. The van der Waals surface area contributed by atoms with Crippen molar-refractivity contribution in [2.45, 2.75) is 59.8 Å². The molecular formula is C12H24. The molecule has 0 heteroatoms. The van der Waals surface area contributed by atoms with Crippen LogP contribution in [0.4, 0.5) is 0 Å². The van der Waals surface area contributed by atoms with E-state index in [4.69, 9.17) is 0 Å². The molecule has 0 amide bonds. The van der Waals surface area contributed by atoms with Crippen LogP contribution in [0.25, 0.3) is 0 Å². The van der Waals surface area contributed by atoms with Gasteiger partial charge in [-0.1, -0.05) is 40.5 Å². The van der Waals surface area contributed by atoms with E-state index >= 15 is 0 Å². The zero-order chi connectivity index (χ0) is 9.19. The predicted molar refractivity (Wildman–Crippen MR) is 55.2 cm³/mol. The molecule has 2 unspecified atom stereocenters. The smallest absolute Gasteiger partial charge is 0.0349 e. The van der Waals surface area contributed by atoms with Gasteiger partial charge in [0.2, 0.25) is 0 Å². The molecule has 2 atom stereocenters. The van der Waals surface area contributed by atoms with Gasteiger partial charge in [0.05, 0.1) is 0 Å². The molecule has 1 aliphatic carbocycles. The maximum Gasteiger partial charge on any atom is -0.0349 e. The fourth-order valence-corrected chi connectivity index (χ4v) is 3.17. The zero-order valence-electron chi connectivity index (χ0n) is 9.19. The largest absolute Gasteiger partial charge is 0.0654 e. The summed E-state index contributed by atoms with van der Waals surface area (Å²) in [6.45, 7) is 9.60. The van der Waals surface area contributed by atoms with Gasteiger partial charge in [-0.15, -0.1) is 0 Å². The summed E-state index contributed by atoms with van der Waals surface area (Å²) < 4.78 is 0. The summed E-state index contributed by atoms with van der Waals surface area (Å²) in [6, 6.07) is 0. The van der Waals surface area contributed by atoms with E-state index in [1.54, 1.807) is 0 Å². The molecule has 0 aromatic rings. The lowest BCUT2D eigenvalue weighted by Crippen LogP contribution is -2.27. The van der Waals surface area contributed by atoms with Crippen LogP contribution in [0.15, 0.2) is 0 Å². The Kier molecular flexibility index (Phi) is 3.20. The Morgan fingerprint density at radius 3 is 2.42 bits per heavy atom. The number of hydrogen-bond acceptors (Lipinski definition) is 0. The Balaban J connectivity index is 2.46. The van der Waals surface area contributed by atoms with Crippen molar-refractivity contribution in [3.63, 3.8) is 0 Å². The third-order valence-electron chi connectivity index (χ3n) is 3.17. The average molecular weight is 168 g/mol. The minimum absolute atomic E-state index is 0.623. The van der Waals surface area contributed by atoms with Crippen molar-refractivity contribution in [2.75, 3.05) is 0 Å². The summed E-state index contributed by atoms with van der Waals surface area (Å²) in [5.41, 5.74) is 0.623. The molecule has 1 rings (SSSR count). The van der Waals surface area contributed by atoms with Crippen molar-refractivity contribution in [1.82, 2.24) is 0 Å². The lowest BCUT2D eigenvalue weighted by molar-refractivity contribution is 0.127. The second-order valence-corrected chi connectivity index (χ2v) is 5.57. The normalized spacial score (nSPS) is 35.0. The van der Waals surface area contributed by atoms with E-state index in [-0.39, 0.29) is 0 Å². The highest BCUT2D eigenvalue weighted by Gasteiger charge is 2.31. The summed E-state index contributed by atoms with van der Waals surface area (Å²) in [5.74, 6) is 1.99. The molecule has 0 radical (unpaired) electrons. The SMILES string of the molecule is CCCC1CC(C)CC(C)(C)C1. The lowest BCUT2D eigenvalue weighted by atomic mass is 9.67. The molecule has 1 aliphatic rings. The highest BCUT2D eigenvalue weighted by Crippen LogP contribution is 2.42. The molecular weight excluding hydrogens is 144 g/mol. The van der Waals surface area contributed by atoms with Crippen LogP contribution in [0.1, 0.15) is 59.8 Å². The standard InChI is InChI=1S/C12H24/c1-5-6-11-7-10(2)8-12(3,4)9-11/h10-11H,5-9H2,1-4H3. The van der Waals surface area contributed by atoms with Crippen LogP contribution < -0.4 is 0 Å². The van der Waals surface area contributed by atoms with E-state index in [1.165, 1.54) is 32.1 Å². The molecule has 72 valence electrons. The van der Waals surface area contributed by atoms with Crippen LogP contribution in [0.5, 0.6) is 0 Å². The molecule has 1 fully saturated rings. The maximum absolute atomic E-state index is 2.44. The van der Waals surface area contributed by atoms with Crippen molar-refractivity contribution in [3.8, 4) is 0 Å². The Hall–Kier alpha value is 0. The van der Waals surface area contributed by atoms with Crippen LogP contribution in [-0.4, -0.2) is 0 Å². The van der Waals surface area contributed by atoms with Crippen molar-refractivity contribution >= 4 is 0 Å². The fourth-order valence-electron chi connectivity index (χ4n) is 3.17. The first kappa shape index (κ1) is 10.1. The molecule has 0 nitrogen and oxygen atoms in total. The molecule has 1 saturated carbocycles. The van der Waals surface area contributed by atoms with Gasteiger partial charge < -0.3 is 0 Å². The lowest BCUT2D eigenvalue weighted by Gasteiger charge is -2.39. The van der Waals surface area contributed by atoms with E-state index < -0.39 is 0 Å². The molecule has 0 aromatic carbocycles. The van der Waals surface area contributed by atoms with Gasteiger partial charge >= 0.3 is 0 Å². The topological polar surface area (TPSA) is 0 Å². The number of rotatable bonds is 2. The first-order chi connectivity index (χ1) is 5.53. The van der Waals surface area contributed by atoms with Crippen LogP contribution in [-0.2, 0) is 0 Å². The monoisotopic (exact) mass is 168 g/mol.